The van der Waals surface area contributed by atoms with Gasteiger partial charge >= 0.3 is 0 Å². The van der Waals surface area contributed by atoms with Crippen LogP contribution in [-0.4, -0.2) is 0 Å². The maximum absolute atomic E-state index is 13.1. The van der Waals surface area contributed by atoms with Gasteiger partial charge in [0.15, 0.2) is 0 Å². The monoisotopic (exact) mass is 241 g/mol. The van der Waals surface area contributed by atoms with Gasteiger partial charge in [-0.1, -0.05) is 6.07 Å². The molecule has 2 nitrogen and oxygen atoms in total. The maximum Gasteiger partial charge on any atom is 0.145 e. The number of hydrogen-bond donors (Lipinski definition) is 0. The molecule has 0 spiro atoms. The first-order valence-corrected chi connectivity index (χ1v) is 5.55. The van der Waals surface area contributed by atoms with Crippen LogP contribution in [0, 0.1) is 31.0 Å². The van der Waals surface area contributed by atoms with Gasteiger partial charge in [0.2, 0.25) is 0 Å². The Hall–Kier alpha value is -2.34. The molecule has 0 amide bonds. The summed E-state index contributed by atoms with van der Waals surface area (Å²) in [4.78, 5) is 0. The standard InChI is InChI=1S/C15H12FNO/c1-10-3-6-15(12(7-10)9-17)18-13-4-5-14(16)11(2)8-13/h3-8H,1-2H3. The summed E-state index contributed by atoms with van der Waals surface area (Å²) < 4.78 is 18.7. The molecule has 18 heavy (non-hydrogen) atoms. The van der Waals surface area contributed by atoms with E-state index < -0.39 is 0 Å². The average molecular weight is 241 g/mol. The molecule has 3 heteroatoms. The van der Waals surface area contributed by atoms with Gasteiger partial charge in [-0.05, 0) is 55.3 Å². The summed E-state index contributed by atoms with van der Waals surface area (Å²) in [6, 6.07) is 12.0. The van der Waals surface area contributed by atoms with Crippen LogP contribution in [0.5, 0.6) is 11.5 Å². The van der Waals surface area contributed by atoms with Crippen LogP contribution < -0.4 is 4.74 Å². The zero-order valence-electron chi connectivity index (χ0n) is 10.2. The molecular weight excluding hydrogens is 229 g/mol. The molecule has 0 bridgehead atoms. The van der Waals surface area contributed by atoms with E-state index in [0.717, 1.165) is 5.56 Å². The van der Waals surface area contributed by atoms with E-state index in [0.29, 0.717) is 22.6 Å². The summed E-state index contributed by atoms with van der Waals surface area (Å²) >= 11 is 0. The second-order valence-corrected chi connectivity index (χ2v) is 4.12. The smallest absolute Gasteiger partial charge is 0.145 e. The molecule has 0 aromatic heterocycles. The lowest BCUT2D eigenvalue weighted by atomic mass is 10.1. The van der Waals surface area contributed by atoms with Crippen LogP contribution in [0.1, 0.15) is 16.7 Å². The molecule has 0 unspecified atom stereocenters. The van der Waals surface area contributed by atoms with Gasteiger partial charge in [-0.15, -0.1) is 0 Å². The zero-order valence-corrected chi connectivity index (χ0v) is 10.2. The molecule has 0 saturated carbocycles. The Morgan fingerprint density at radius 1 is 1.11 bits per heavy atom. The third-order valence-corrected chi connectivity index (χ3v) is 2.61. The highest BCUT2D eigenvalue weighted by molar-refractivity contribution is 5.47. The van der Waals surface area contributed by atoms with E-state index >= 15 is 0 Å². The number of nitriles is 1. The highest BCUT2D eigenvalue weighted by atomic mass is 19.1. The highest BCUT2D eigenvalue weighted by Gasteiger charge is 2.06. The SMILES string of the molecule is Cc1ccc(Oc2ccc(F)c(C)c2)c(C#N)c1. The number of nitrogens with zero attached hydrogens (tertiary/aromatic N) is 1. The van der Waals surface area contributed by atoms with Crippen molar-refractivity contribution in [2.75, 3.05) is 0 Å². The number of hydrogen-bond acceptors (Lipinski definition) is 2. The normalized spacial score (nSPS) is 9.89. The van der Waals surface area contributed by atoms with Gasteiger partial charge in [0.1, 0.15) is 23.4 Å². The van der Waals surface area contributed by atoms with Crippen molar-refractivity contribution in [3.05, 3.63) is 58.9 Å². The molecule has 0 aliphatic carbocycles. The van der Waals surface area contributed by atoms with Crippen LogP contribution in [0.4, 0.5) is 4.39 Å². The fourth-order valence-electron chi connectivity index (χ4n) is 1.63. The van der Waals surface area contributed by atoms with Crippen LogP contribution in [-0.2, 0) is 0 Å². The average Bonchev–Trinajstić information content (AvgIpc) is 2.36. The minimum Gasteiger partial charge on any atom is -0.456 e. The number of benzene rings is 2. The number of ether oxygens (including phenoxy) is 1. The fourth-order valence-corrected chi connectivity index (χ4v) is 1.63. The van der Waals surface area contributed by atoms with Crippen molar-refractivity contribution >= 4 is 0 Å². The molecule has 0 N–H and O–H groups in total. The fraction of sp³-hybridized carbons (Fsp3) is 0.133. The van der Waals surface area contributed by atoms with Gasteiger partial charge in [-0.3, -0.25) is 0 Å². The highest BCUT2D eigenvalue weighted by Crippen LogP contribution is 2.26. The van der Waals surface area contributed by atoms with Crippen molar-refractivity contribution < 1.29 is 9.13 Å². The van der Waals surface area contributed by atoms with E-state index in [2.05, 4.69) is 6.07 Å². The van der Waals surface area contributed by atoms with E-state index in [9.17, 15) is 4.39 Å². The Labute approximate surface area is 105 Å². The van der Waals surface area contributed by atoms with Crippen molar-refractivity contribution in [2.24, 2.45) is 0 Å². The quantitative estimate of drug-likeness (QED) is 0.792. The van der Waals surface area contributed by atoms with Crippen molar-refractivity contribution in [1.82, 2.24) is 0 Å². The summed E-state index contributed by atoms with van der Waals surface area (Å²) in [6.07, 6.45) is 0. The lowest BCUT2D eigenvalue weighted by Gasteiger charge is -2.08. The molecule has 0 atom stereocenters. The Kier molecular flexibility index (Phi) is 3.29. The second-order valence-electron chi connectivity index (χ2n) is 4.12. The van der Waals surface area contributed by atoms with Crippen LogP contribution in [0.15, 0.2) is 36.4 Å². The van der Waals surface area contributed by atoms with Gasteiger partial charge < -0.3 is 4.74 Å². The maximum atomic E-state index is 13.1. The van der Waals surface area contributed by atoms with Crippen LogP contribution in [0.3, 0.4) is 0 Å². The van der Waals surface area contributed by atoms with E-state index in [1.165, 1.54) is 6.07 Å². The summed E-state index contributed by atoms with van der Waals surface area (Å²) in [5, 5.41) is 9.03. The lowest BCUT2D eigenvalue weighted by Crippen LogP contribution is -1.90. The predicted octanol–water partition coefficient (Wildman–Crippen LogP) is 4.11. The zero-order chi connectivity index (χ0) is 13.1. The van der Waals surface area contributed by atoms with Gasteiger partial charge in [0.25, 0.3) is 0 Å². The first-order valence-electron chi connectivity index (χ1n) is 5.55. The largest absolute Gasteiger partial charge is 0.456 e. The van der Waals surface area contributed by atoms with Crippen LogP contribution in [0.25, 0.3) is 0 Å². The lowest BCUT2D eigenvalue weighted by molar-refractivity contribution is 0.478. The van der Waals surface area contributed by atoms with Gasteiger partial charge in [-0.2, -0.15) is 5.26 Å². The summed E-state index contributed by atoms with van der Waals surface area (Å²) in [7, 11) is 0. The van der Waals surface area contributed by atoms with Crippen LogP contribution >= 0.6 is 0 Å². The molecule has 0 fully saturated rings. The summed E-state index contributed by atoms with van der Waals surface area (Å²) in [5.74, 6) is 0.732. The van der Waals surface area contributed by atoms with E-state index in [1.54, 1.807) is 31.2 Å². The number of halogens is 1. The van der Waals surface area contributed by atoms with Crippen LogP contribution in [0.2, 0.25) is 0 Å². The van der Waals surface area contributed by atoms with E-state index in [1.807, 2.05) is 13.0 Å². The molecule has 0 saturated heterocycles. The first-order chi connectivity index (χ1) is 8.60. The van der Waals surface area contributed by atoms with E-state index in [-0.39, 0.29) is 5.82 Å². The molecule has 0 radical (unpaired) electrons. The predicted molar refractivity (Wildman–Crippen MR) is 67.1 cm³/mol. The Morgan fingerprint density at radius 2 is 1.89 bits per heavy atom. The van der Waals surface area contributed by atoms with Crippen molar-refractivity contribution in [2.45, 2.75) is 13.8 Å². The molecular formula is C15H12FNO. The first kappa shape index (κ1) is 12.1. The van der Waals surface area contributed by atoms with Gasteiger partial charge in [-0.25, -0.2) is 4.39 Å². The van der Waals surface area contributed by atoms with E-state index in [4.69, 9.17) is 10.00 Å². The van der Waals surface area contributed by atoms with Crippen molar-refractivity contribution in [1.29, 1.82) is 5.26 Å². The number of aryl methyl sites for hydroxylation is 2. The molecule has 0 aliphatic heterocycles. The second kappa shape index (κ2) is 4.89. The van der Waals surface area contributed by atoms with Crippen molar-refractivity contribution in [3.63, 3.8) is 0 Å². The Morgan fingerprint density at radius 3 is 2.56 bits per heavy atom. The minimum atomic E-state index is -0.272. The third-order valence-electron chi connectivity index (χ3n) is 2.61. The molecule has 0 aliphatic rings. The molecule has 2 aromatic carbocycles. The molecule has 90 valence electrons. The third kappa shape index (κ3) is 2.49. The Bertz CT molecular complexity index is 629. The summed E-state index contributed by atoms with van der Waals surface area (Å²) in [5.41, 5.74) is 1.98. The van der Waals surface area contributed by atoms with Gasteiger partial charge in [0, 0.05) is 0 Å². The Balaban J connectivity index is 2.34. The van der Waals surface area contributed by atoms with Gasteiger partial charge in [0.05, 0.1) is 5.56 Å². The summed E-state index contributed by atoms with van der Waals surface area (Å²) in [6.45, 7) is 3.58. The number of rotatable bonds is 2. The topological polar surface area (TPSA) is 33.0 Å². The molecule has 2 aromatic rings. The molecule has 0 heterocycles. The minimum absolute atomic E-state index is 0.272. The molecule has 2 rings (SSSR count). The van der Waals surface area contributed by atoms with Crippen molar-refractivity contribution in [3.8, 4) is 17.6 Å².